The Morgan fingerprint density at radius 3 is 2.73 bits per heavy atom. The zero-order valence-electron chi connectivity index (χ0n) is 9.04. The minimum absolute atomic E-state index is 0.0644. The molecule has 15 heavy (non-hydrogen) atoms. The van der Waals surface area contributed by atoms with Crippen LogP contribution in [0.3, 0.4) is 0 Å². The van der Waals surface area contributed by atoms with Crippen molar-refractivity contribution in [1.82, 2.24) is 5.32 Å². The Morgan fingerprint density at radius 1 is 1.33 bits per heavy atom. The minimum atomic E-state index is -0.0644. The van der Waals surface area contributed by atoms with E-state index in [0.29, 0.717) is 6.54 Å². The summed E-state index contributed by atoms with van der Waals surface area (Å²) >= 11 is 0. The molecule has 84 valence electrons. The molecule has 1 aliphatic rings. The fourth-order valence-electron chi connectivity index (χ4n) is 2.31. The Bertz CT molecular complexity index is 276. The molecule has 0 atom stereocenters. The highest BCUT2D eigenvalue weighted by molar-refractivity contribution is 5.00. The van der Waals surface area contributed by atoms with Crippen molar-refractivity contribution in [2.45, 2.75) is 44.2 Å². The van der Waals surface area contributed by atoms with Crippen molar-refractivity contribution in [2.75, 3.05) is 6.61 Å². The Balaban J connectivity index is 1.89. The van der Waals surface area contributed by atoms with E-state index in [4.69, 9.17) is 4.42 Å². The second kappa shape index (κ2) is 4.81. The van der Waals surface area contributed by atoms with Gasteiger partial charge in [0.15, 0.2) is 0 Å². The molecule has 0 unspecified atom stereocenters. The van der Waals surface area contributed by atoms with E-state index in [9.17, 15) is 5.11 Å². The molecule has 0 spiro atoms. The van der Waals surface area contributed by atoms with Crippen molar-refractivity contribution in [2.24, 2.45) is 0 Å². The average Bonchev–Trinajstić information content (AvgIpc) is 2.81. The number of hydrogen-bond acceptors (Lipinski definition) is 3. The predicted molar refractivity (Wildman–Crippen MR) is 58.4 cm³/mol. The summed E-state index contributed by atoms with van der Waals surface area (Å²) in [5.41, 5.74) is -0.0644. The monoisotopic (exact) mass is 209 g/mol. The highest BCUT2D eigenvalue weighted by Crippen LogP contribution is 2.28. The van der Waals surface area contributed by atoms with E-state index in [0.717, 1.165) is 18.6 Å². The zero-order chi connectivity index (χ0) is 10.6. The largest absolute Gasteiger partial charge is 0.468 e. The standard InChI is InChI=1S/C12H19NO2/c14-10-12(6-2-1-3-7-12)13-9-11-5-4-8-15-11/h4-5,8,13-14H,1-3,6-7,9-10H2. The number of aliphatic hydroxyl groups is 1. The number of nitrogens with one attached hydrogen (secondary N) is 1. The van der Waals surface area contributed by atoms with Crippen LogP contribution in [-0.4, -0.2) is 17.3 Å². The topological polar surface area (TPSA) is 45.4 Å². The fourth-order valence-corrected chi connectivity index (χ4v) is 2.31. The number of aliphatic hydroxyl groups excluding tert-OH is 1. The van der Waals surface area contributed by atoms with Gasteiger partial charge in [-0.15, -0.1) is 0 Å². The first kappa shape index (κ1) is 10.7. The first-order chi connectivity index (χ1) is 7.35. The third-order valence-corrected chi connectivity index (χ3v) is 3.33. The maximum absolute atomic E-state index is 9.48. The van der Waals surface area contributed by atoms with Crippen molar-refractivity contribution in [3.63, 3.8) is 0 Å². The van der Waals surface area contributed by atoms with E-state index in [1.54, 1.807) is 6.26 Å². The predicted octanol–water partition coefficient (Wildman–Crippen LogP) is 2.06. The van der Waals surface area contributed by atoms with Crippen LogP contribution in [0.5, 0.6) is 0 Å². The van der Waals surface area contributed by atoms with Crippen LogP contribution in [0.25, 0.3) is 0 Å². The molecule has 1 saturated carbocycles. The number of furan rings is 1. The van der Waals surface area contributed by atoms with Gasteiger partial charge in [-0.1, -0.05) is 19.3 Å². The van der Waals surface area contributed by atoms with Crippen molar-refractivity contribution in [1.29, 1.82) is 0 Å². The molecular formula is C12H19NO2. The van der Waals surface area contributed by atoms with Gasteiger partial charge in [0.1, 0.15) is 5.76 Å². The molecule has 0 bridgehead atoms. The summed E-state index contributed by atoms with van der Waals surface area (Å²) < 4.78 is 5.27. The van der Waals surface area contributed by atoms with Gasteiger partial charge in [-0.2, -0.15) is 0 Å². The normalized spacial score (nSPS) is 20.3. The van der Waals surface area contributed by atoms with E-state index >= 15 is 0 Å². The zero-order valence-corrected chi connectivity index (χ0v) is 9.04. The highest BCUT2D eigenvalue weighted by Gasteiger charge is 2.30. The van der Waals surface area contributed by atoms with E-state index in [1.807, 2.05) is 12.1 Å². The van der Waals surface area contributed by atoms with Crippen molar-refractivity contribution < 1.29 is 9.52 Å². The van der Waals surface area contributed by atoms with Gasteiger partial charge < -0.3 is 14.8 Å². The lowest BCUT2D eigenvalue weighted by atomic mass is 9.82. The quantitative estimate of drug-likeness (QED) is 0.798. The Hall–Kier alpha value is -0.800. The Kier molecular flexibility index (Phi) is 3.44. The molecule has 0 aliphatic heterocycles. The third-order valence-electron chi connectivity index (χ3n) is 3.33. The SMILES string of the molecule is OCC1(NCc2ccco2)CCCCC1. The smallest absolute Gasteiger partial charge is 0.117 e. The van der Waals surface area contributed by atoms with Crippen molar-refractivity contribution in [3.05, 3.63) is 24.2 Å². The van der Waals surface area contributed by atoms with Gasteiger partial charge in [0.05, 0.1) is 19.4 Å². The molecule has 1 aliphatic carbocycles. The minimum Gasteiger partial charge on any atom is -0.468 e. The lowest BCUT2D eigenvalue weighted by Gasteiger charge is -2.36. The van der Waals surface area contributed by atoms with Crippen LogP contribution in [0, 0.1) is 0 Å². The van der Waals surface area contributed by atoms with E-state index in [1.165, 1.54) is 19.3 Å². The molecule has 1 heterocycles. The highest BCUT2D eigenvalue weighted by atomic mass is 16.3. The molecule has 1 fully saturated rings. The van der Waals surface area contributed by atoms with Crippen LogP contribution in [0.2, 0.25) is 0 Å². The molecule has 1 aromatic heterocycles. The molecule has 0 saturated heterocycles. The van der Waals surface area contributed by atoms with Crippen LogP contribution in [0.1, 0.15) is 37.9 Å². The summed E-state index contributed by atoms with van der Waals surface area (Å²) in [6.45, 7) is 0.946. The molecule has 2 rings (SSSR count). The van der Waals surface area contributed by atoms with Gasteiger partial charge in [0, 0.05) is 5.54 Å². The maximum atomic E-state index is 9.48. The Morgan fingerprint density at radius 2 is 2.13 bits per heavy atom. The van der Waals surface area contributed by atoms with Gasteiger partial charge in [-0.05, 0) is 25.0 Å². The summed E-state index contributed by atoms with van der Waals surface area (Å²) in [5, 5.41) is 12.9. The fraction of sp³-hybridized carbons (Fsp3) is 0.667. The Labute approximate surface area is 90.5 Å². The number of rotatable bonds is 4. The van der Waals surface area contributed by atoms with Gasteiger partial charge in [-0.3, -0.25) is 0 Å². The molecule has 1 aromatic rings. The summed E-state index contributed by atoms with van der Waals surface area (Å²) in [4.78, 5) is 0. The second-order valence-electron chi connectivity index (χ2n) is 4.43. The van der Waals surface area contributed by atoms with Crippen molar-refractivity contribution in [3.8, 4) is 0 Å². The molecule has 0 aromatic carbocycles. The van der Waals surface area contributed by atoms with Crippen LogP contribution in [0.4, 0.5) is 0 Å². The van der Waals surface area contributed by atoms with Crippen LogP contribution in [-0.2, 0) is 6.54 Å². The molecular weight excluding hydrogens is 190 g/mol. The van der Waals surface area contributed by atoms with E-state index in [-0.39, 0.29) is 12.1 Å². The summed E-state index contributed by atoms with van der Waals surface area (Å²) in [5.74, 6) is 0.938. The summed E-state index contributed by atoms with van der Waals surface area (Å²) in [6, 6.07) is 3.85. The average molecular weight is 209 g/mol. The molecule has 3 heteroatoms. The summed E-state index contributed by atoms with van der Waals surface area (Å²) in [6.07, 6.45) is 7.56. The van der Waals surface area contributed by atoms with Gasteiger partial charge in [-0.25, -0.2) is 0 Å². The van der Waals surface area contributed by atoms with E-state index < -0.39 is 0 Å². The van der Waals surface area contributed by atoms with Gasteiger partial charge in [0.2, 0.25) is 0 Å². The molecule has 0 radical (unpaired) electrons. The number of hydrogen-bond donors (Lipinski definition) is 2. The van der Waals surface area contributed by atoms with Crippen LogP contribution in [0.15, 0.2) is 22.8 Å². The third kappa shape index (κ3) is 2.61. The van der Waals surface area contributed by atoms with Crippen molar-refractivity contribution >= 4 is 0 Å². The summed E-state index contributed by atoms with van der Waals surface area (Å²) in [7, 11) is 0. The second-order valence-corrected chi connectivity index (χ2v) is 4.43. The molecule has 0 amide bonds. The molecule has 2 N–H and O–H groups in total. The van der Waals surface area contributed by atoms with Gasteiger partial charge in [0.25, 0.3) is 0 Å². The lowest BCUT2D eigenvalue weighted by molar-refractivity contribution is 0.117. The first-order valence-corrected chi connectivity index (χ1v) is 5.73. The first-order valence-electron chi connectivity index (χ1n) is 5.73. The van der Waals surface area contributed by atoms with Gasteiger partial charge >= 0.3 is 0 Å². The maximum Gasteiger partial charge on any atom is 0.117 e. The lowest BCUT2D eigenvalue weighted by Crippen LogP contribution is -2.49. The molecule has 3 nitrogen and oxygen atoms in total. The van der Waals surface area contributed by atoms with E-state index in [2.05, 4.69) is 5.32 Å². The van der Waals surface area contributed by atoms with Crippen LogP contribution >= 0.6 is 0 Å². The van der Waals surface area contributed by atoms with Crippen LogP contribution < -0.4 is 5.32 Å².